The maximum absolute atomic E-state index is 11.4. The van der Waals surface area contributed by atoms with Gasteiger partial charge in [0.05, 0.1) is 12.2 Å². The van der Waals surface area contributed by atoms with Crippen molar-refractivity contribution in [3.63, 3.8) is 0 Å². The highest BCUT2D eigenvalue weighted by Gasteiger charge is 2.22. The van der Waals surface area contributed by atoms with Crippen LogP contribution >= 0.6 is 0 Å². The van der Waals surface area contributed by atoms with Crippen LogP contribution in [0.3, 0.4) is 0 Å². The lowest BCUT2D eigenvalue weighted by molar-refractivity contribution is -0.144. The molecular formula is C11H13NO4. The standard InChI is InChI=1S/C11H13NO4/c1-2-16-11(15)9(12)7-5-3-4-6-8(7)10(13)14/h3-6,9H,2,12H2,1H3,(H,13,14). The summed E-state index contributed by atoms with van der Waals surface area (Å²) >= 11 is 0. The van der Waals surface area contributed by atoms with Crippen LogP contribution in [0.4, 0.5) is 0 Å². The Balaban J connectivity index is 3.03. The molecule has 0 heterocycles. The van der Waals surface area contributed by atoms with E-state index in [-0.39, 0.29) is 17.7 Å². The van der Waals surface area contributed by atoms with Gasteiger partial charge in [0.25, 0.3) is 0 Å². The van der Waals surface area contributed by atoms with Crippen LogP contribution in [0.15, 0.2) is 24.3 Å². The van der Waals surface area contributed by atoms with Crippen LogP contribution in [0.25, 0.3) is 0 Å². The number of carboxylic acids is 1. The van der Waals surface area contributed by atoms with Gasteiger partial charge in [0, 0.05) is 0 Å². The van der Waals surface area contributed by atoms with Crippen molar-refractivity contribution in [1.82, 2.24) is 0 Å². The monoisotopic (exact) mass is 223 g/mol. The Bertz CT molecular complexity index is 403. The summed E-state index contributed by atoms with van der Waals surface area (Å²) in [4.78, 5) is 22.3. The molecule has 1 aromatic carbocycles. The molecule has 5 nitrogen and oxygen atoms in total. The average Bonchev–Trinajstić information content (AvgIpc) is 2.28. The minimum Gasteiger partial charge on any atom is -0.478 e. The van der Waals surface area contributed by atoms with Crippen molar-refractivity contribution in [3.05, 3.63) is 35.4 Å². The second kappa shape index (κ2) is 5.27. The number of rotatable bonds is 4. The smallest absolute Gasteiger partial charge is 0.336 e. The molecule has 0 aliphatic rings. The molecule has 0 spiro atoms. The largest absolute Gasteiger partial charge is 0.478 e. The lowest BCUT2D eigenvalue weighted by atomic mass is 10.0. The number of aromatic carboxylic acids is 1. The highest BCUT2D eigenvalue weighted by molar-refractivity contribution is 5.92. The van der Waals surface area contributed by atoms with Crippen LogP contribution in [0, 0.1) is 0 Å². The van der Waals surface area contributed by atoms with E-state index in [1.807, 2.05) is 0 Å². The molecule has 0 aliphatic heterocycles. The van der Waals surface area contributed by atoms with Crippen LogP contribution in [0.5, 0.6) is 0 Å². The normalized spacial score (nSPS) is 11.9. The van der Waals surface area contributed by atoms with E-state index < -0.39 is 18.0 Å². The number of benzene rings is 1. The summed E-state index contributed by atoms with van der Waals surface area (Å²) in [5.74, 6) is -1.74. The van der Waals surface area contributed by atoms with E-state index in [4.69, 9.17) is 15.6 Å². The Hall–Kier alpha value is -1.88. The van der Waals surface area contributed by atoms with Gasteiger partial charge in [-0.1, -0.05) is 18.2 Å². The first kappa shape index (κ1) is 12.2. The predicted octanol–water partition coefficient (Wildman–Crippen LogP) is 0.948. The number of carbonyl (C=O) groups is 2. The molecule has 86 valence electrons. The number of carbonyl (C=O) groups excluding carboxylic acids is 1. The van der Waals surface area contributed by atoms with Crippen LogP contribution in [0.1, 0.15) is 28.9 Å². The molecule has 0 radical (unpaired) electrons. The Labute approximate surface area is 92.8 Å². The summed E-state index contributed by atoms with van der Waals surface area (Å²) in [5.41, 5.74) is 5.90. The lowest BCUT2D eigenvalue weighted by Crippen LogP contribution is -2.25. The van der Waals surface area contributed by atoms with Crippen molar-refractivity contribution in [2.75, 3.05) is 6.61 Å². The molecule has 0 aliphatic carbocycles. The lowest BCUT2D eigenvalue weighted by Gasteiger charge is -2.12. The number of hydrogen-bond acceptors (Lipinski definition) is 4. The summed E-state index contributed by atoms with van der Waals surface area (Å²) in [6.07, 6.45) is 0. The van der Waals surface area contributed by atoms with Crippen LogP contribution in [0.2, 0.25) is 0 Å². The molecule has 16 heavy (non-hydrogen) atoms. The zero-order valence-electron chi connectivity index (χ0n) is 8.84. The van der Waals surface area contributed by atoms with Crippen molar-refractivity contribution in [1.29, 1.82) is 0 Å². The van der Waals surface area contributed by atoms with Gasteiger partial charge in [-0.25, -0.2) is 9.59 Å². The summed E-state index contributed by atoms with van der Waals surface area (Å²) in [6.45, 7) is 1.87. The fraction of sp³-hybridized carbons (Fsp3) is 0.273. The second-order valence-corrected chi connectivity index (χ2v) is 3.12. The first-order chi connectivity index (χ1) is 7.57. The third kappa shape index (κ3) is 2.58. The maximum atomic E-state index is 11.4. The third-order valence-corrected chi connectivity index (χ3v) is 2.07. The van der Waals surface area contributed by atoms with Gasteiger partial charge < -0.3 is 15.6 Å². The SMILES string of the molecule is CCOC(=O)C(N)c1ccccc1C(=O)O. The van der Waals surface area contributed by atoms with Gasteiger partial charge >= 0.3 is 11.9 Å². The van der Waals surface area contributed by atoms with Gasteiger partial charge in [-0.05, 0) is 18.6 Å². The average molecular weight is 223 g/mol. The number of hydrogen-bond donors (Lipinski definition) is 2. The second-order valence-electron chi connectivity index (χ2n) is 3.12. The zero-order chi connectivity index (χ0) is 12.1. The number of carboxylic acid groups (broad SMARTS) is 1. The molecular weight excluding hydrogens is 210 g/mol. The number of esters is 1. The van der Waals surface area contributed by atoms with Crippen LogP contribution in [-0.4, -0.2) is 23.7 Å². The zero-order valence-corrected chi connectivity index (χ0v) is 8.84. The van der Waals surface area contributed by atoms with Crippen molar-refractivity contribution in [2.45, 2.75) is 13.0 Å². The van der Waals surface area contributed by atoms with Crippen molar-refractivity contribution < 1.29 is 19.4 Å². The highest BCUT2D eigenvalue weighted by atomic mass is 16.5. The molecule has 0 saturated carbocycles. The Morgan fingerprint density at radius 3 is 2.62 bits per heavy atom. The van der Waals surface area contributed by atoms with Gasteiger partial charge in [0.15, 0.2) is 0 Å². The van der Waals surface area contributed by atoms with Gasteiger partial charge in [-0.3, -0.25) is 0 Å². The number of ether oxygens (including phenoxy) is 1. The maximum Gasteiger partial charge on any atom is 0.336 e. The molecule has 1 unspecified atom stereocenters. The molecule has 0 amide bonds. The van der Waals surface area contributed by atoms with Gasteiger partial charge in [-0.15, -0.1) is 0 Å². The highest BCUT2D eigenvalue weighted by Crippen LogP contribution is 2.17. The molecule has 1 atom stereocenters. The van der Waals surface area contributed by atoms with E-state index in [0.717, 1.165) is 0 Å². The summed E-state index contributed by atoms with van der Waals surface area (Å²) < 4.78 is 4.74. The summed E-state index contributed by atoms with van der Waals surface area (Å²) in [6, 6.07) is 5.04. The van der Waals surface area contributed by atoms with E-state index in [2.05, 4.69) is 0 Å². The van der Waals surface area contributed by atoms with Crippen molar-refractivity contribution >= 4 is 11.9 Å². The molecule has 5 heteroatoms. The summed E-state index contributed by atoms with van der Waals surface area (Å²) in [7, 11) is 0. The van der Waals surface area contributed by atoms with E-state index in [1.54, 1.807) is 19.1 Å². The van der Waals surface area contributed by atoms with Crippen LogP contribution in [-0.2, 0) is 9.53 Å². The van der Waals surface area contributed by atoms with E-state index in [1.165, 1.54) is 12.1 Å². The molecule has 0 bridgehead atoms. The van der Waals surface area contributed by atoms with Crippen molar-refractivity contribution in [2.24, 2.45) is 5.73 Å². The van der Waals surface area contributed by atoms with Crippen molar-refractivity contribution in [3.8, 4) is 0 Å². The molecule has 0 fully saturated rings. The minimum atomic E-state index is -1.12. The van der Waals surface area contributed by atoms with Gasteiger partial charge in [0.2, 0.25) is 0 Å². The van der Waals surface area contributed by atoms with E-state index in [0.29, 0.717) is 0 Å². The fourth-order valence-corrected chi connectivity index (χ4v) is 1.32. The third-order valence-electron chi connectivity index (χ3n) is 2.07. The Morgan fingerprint density at radius 2 is 2.06 bits per heavy atom. The first-order valence-electron chi connectivity index (χ1n) is 4.82. The predicted molar refractivity (Wildman–Crippen MR) is 57.0 cm³/mol. The molecule has 3 N–H and O–H groups in total. The first-order valence-corrected chi connectivity index (χ1v) is 4.82. The Kier molecular flexibility index (Phi) is 4.02. The van der Waals surface area contributed by atoms with E-state index >= 15 is 0 Å². The minimum absolute atomic E-state index is 0.0167. The summed E-state index contributed by atoms with van der Waals surface area (Å²) in [5, 5.41) is 8.92. The van der Waals surface area contributed by atoms with Crippen LogP contribution < -0.4 is 5.73 Å². The Morgan fingerprint density at radius 1 is 1.44 bits per heavy atom. The fourth-order valence-electron chi connectivity index (χ4n) is 1.32. The quantitative estimate of drug-likeness (QED) is 0.741. The molecule has 0 aromatic heterocycles. The number of nitrogens with two attached hydrogens (primary N) is 1. The van der Waals surface area contributed by atoms with E-state index in [9.17, 15) is 9.59 Å². The molecule has 0 saturated heterocycles. The topological polar surface area (TPSA) is 89.6 Å². The molecule has 1 rings (SSSR count). The molecule has 1 aromatic rings. The van der Waals surface area contributed by atoms with Gasteiger partial charge in [-0.2, -0.15) is 0 Å². The van der Waals surface area contributed by atoms with Gasteiger partial charge in [0.1, 0.15) is 6.04 Å².